The predicted molar refractivity (Wildman–Crippen MR) is 72.2 cm³/mol. The van der Waals surface area contributed by atoms with Gasteiger partial charge in [0.15, 0.2) is 0 Å². The molecule has 1 aliphatic heterocycles. The van der Waals surface area contributed by atoms with Crippen molar-refractivity contribution in [1.29, 1.82) is 0 Å². The summed E-state index contributed by atoms with van der Waals surface area (Å²) in [6.45, 7) is 0.309. The van der Waals surface area contributed by atoms with Crippen LogP contribution in [0.5, 0.6) is 0 Å². The summed E-state index contributed by atoms with van der Waals surface area (Å²) in [4.78, 5) is 24.3. The molecule has 0 aliphatic carbocycles. The molecule has 1 unspecified atom stereocenters. The molecular formula is C12H10BrClFNO3. The van der Waals surface area contributed by atoms with Crippen LogP contribution in [0.3, 0.4) is 0 Å². The Labute approximate surface area is 122 Å². The highest BCUT2D eigenvalue weighted by Crippen LogP contribution is 2.32. The van der Waals surface area contributed by atoms with Gasteiger partial charge in [0.05, 0.1) is 15.7 Å². The van der Waals surface area contributed by atoms with Crippen LogP contribution in [0.25, 0.3) is 0 Å². The van der Waals surface area contributed by atoms with E-state index in [0.717, 1.165) is 12.1 Å². The zero-order valence-corrected chi connectivity index (χ0v) is 12.0. The Morgan fingerprint density at radius 1 is 1.58 bits per heavy atom. The van der Waals surface area contributed by atoms with Crippen LogP contribution in [-0.2, 0) is 4.79 Å². The second kappa shape index (κ2) is 5.46. The van der Waals surface area contributed by atoms with Crippen LogP contribution in [0.1, 0.15) is 16.8 Å². The molecule has 2 rings (SSSR count). The molecule has 1 saturated heterocycles. The van der Waals surface area contributed by atoms with Gasteiger partial charge < -0.3 is 10.0 Å². The van der Waals surface area contributed by atoms with Gasteiger partial charge in [0.1, 0.15) is 5.82 Å². The van der Waals surface area contributed by atoms with Gasteiger partial charge in [-0.25, -0.2) is 9.18 Å². The van der Waals surface area contributed by atoms with Crippen LogP contribution in [0.2, 0.25) is 0 Å². The molecule has 1 atom stereocenters. The lowest BCUT2D eigenvalue weighted by molar-refractivity contribution is -0.117. The van der Waals surface area contributed by atoms with Crippen LogP contribution in [0.4, 0.5) is 10.1 Å². The molecule has 1 aromatic carbocycles. The molecule has 7 heteroatoms. The number of nitrogens with zero attached hydrogens (tertiary/aromatic N) is 1. The van der Waals surface area contributed by atoms with Crippen molar-refractivity contribution in [2.24, 2.45) is 5.92 Å². The molecule has 4 nitrogen and oxygen atoms in total. The third-order valence-electron chi connectivity index (χ3n) is 2.98. The summed E-state index contributed by atoms with van der Waals surface area (Å²) in [5, 5.41) is 9.14. The number of halogens is 3. The standard InChI is InChI=1S/C12H10BrClFNO3/c13-8-2-7(12(18)19)10(3-9(8)15)16-5-6(4-14)1-11(16)17/h2-3,6H,1,4-5H2,(H,18,19). The zero-order chi connectivity index (χ0) is 14.2. The van der Waals surface area contributed by atoms with Gasteiger partial charge in [-0.2, -0.15) is 0 Å². The third kappa shape index (κ3) is 2.74. The molecule has 0 saturated carbocycles. The molecule has 102 valence electrons. The van der Waals surface area contributed by atoms with Crippen molar-refractivity contribution in [3.63, 3.8) is 0 Å². The van der Waals surface area contributed by atoms with E-state index in [1.54, 1.807) is 0 Å². The Morgan fingerprint density at radius 3 is 2.79 bits per heavy atom. The molecule has 1 aliphatic rings. The van der Waals surface area contributed by atoms with E-state index in [4.69, 9.17) is 16.7 Å². The van der Waals surface area contributed by atoms with Gasteiger partial charge in [0.2, 0.25) is 5.91 Å². The summed E-state index contributed by atoms with van der Waals surface area (Å²) in [7, 11) is 0. The minimum absolute atomic E-state index is 0.0393. The lowest BCUT2D eigenvalue weighted by Gasteiger charge is -2.19. The van der Waals surface area contributed by atoms with Crippen molar-refractivity contribution in [2.75, 3.05) is 17.3 Å². The summed E-state index contributed by atoms with van der Waals surface area (Å²) in [5.74, 6) is -1.79. The largest absolute Gasteiger partial charge is 0.478 e. The monoisotopic (exact) mass is 349 g/mol. The normalized spacial score (nSPS) is 19.0. The van der Waals surface area contributed by atoms with Crippen molar-refractivity contribution in [3.8, 4) is 0 Å². The van der Waals surface area contributed by atoms with Crippen molar-refractivity contribution >= 4 is 45.1 Å². The second-order valence-electron chi connectivity index (χ2n) is 4.32. The summed E-state index contributed by atoms with van der Waals surface area (Å²) >= 11 is 8.64. The lowest BCUT2D eigenvalue weighted by atomic mass is 10.1. The molecule has 1 aromatic rings. The molecule has 1 fully saturated rings. The fourth-order valence-corrected chi connectivity index (χ4v) is 2.60. The van der Waals surface area contributed by atoms with E-state index in [1.165, 1.54) is 4.90 Å². The number of carbonyl (C=O) groups is 2. The summed E-state index contributed by atoms with van der Waals surface area (Å²) in [6, 6.07) is 2.22. The fourth-order valence-electron chi connectivity index (χ4n) is 2.05. The highest BCUT2D eigenvalue weighted by Gasteiger charge is 2.32. The average molecular weight is 351 g/mol. The quantitative estimate of drug-likeness (QED) is 0.853. The van der Waals surface area contributed by atoms with Crippen LogP contribution in [0, 0.1) is 11.7 Å². The van der Waals surface area contributed by atoms with E-state index < -0.39 is 11.8 Å². The number of hydrogen-bond donors (Lipinski definition) is 1. The molecule has 0 aromatic heterocycles. The van der Waals surface area contributed by atoms with Crippen LogP contribution in [-0.4, -0.2) is 29.4 Å². The minimum atomic E-state index is -1.21. The molecule has 1 N–H and O–H groups in total. The van der Waals surface area contributed by atoms with Gasteiger partial charge in [-0.05, 0) is 34.0 Å². The van der Waals surface area contributed by atoms with Gasteiger partial charge in [-0.15, -0.1) is 11.6 Å². The number of hydrogen-bond acceptors (Lipinski definition) is 2. The van der Waals surface area contributed by atoms with Gasteiger partial charge >= 0.3 is 5.97 Å². The summed E-state index contributed by atoms with van der Waals surface area (Å²) in [6.07, 6.45) is 0.250. The minimum Gasteiger partial charge on any atom is -0.478 e. The highest BCUT2D eigenvalue weighted by molar-refractivity contribution is 9.10. The third-order valence-corrected chi connectivity index (χ3v) is 4.03. The molecule has 0 spiro atoms. The SMILES string of the molecule is O=C(O)c1cc(Br)c(F)cc1N1CC(CCl)CC1=O. The maximum atomic E-state index is 13.6. The molecule has 19 heavy (non-hydrogen) atoms. The number of carbonyl (C=O) groups excluding carboxylic acids is 1. The molecule has 1 heterocycles. The molecule has 0 bridgehead atoms. The molecular weight excluding hydrogens is 340 g/mol. The Bertz CT molecular complexity index is 552. The van der Waals surface area contributed by atoms with E-state index in [-0.39, 0.29) is 34.0 Å². The van der Waals surface area contributed by atoms with Crippen molar-refractivity contribution in [1.82, 2.24) is 0 Å². The topological polar surface area (TPSA) is 57.6 Å². The maximum Gasteiger partial charge on any atom is 0.337 e. The lowest BCUT2D eigenvalue weighted by Crippen LogP contribution is -2.27. The van der Waals surface area contributed by atoms with Crippen LogP contribution >= 0.6 is 27.5 Å². The number of benzene rings is 1. The number of amides is 1. The Kier molecular flexibility index (Phi) is 4.10. The number of aromatic carboxylic acids is 1. The predicted octanol–water partition coefficient (Wildman–Crippen LogP) is 2.88. The molecule has 0 radical (unpaired) electrons. The summed E-state index contributed by atoms with van der Waals surface area (Å²) < 4.78 is 13.6. The van der Waals surface area contributed by atoms with Gasteiger partial charge in [0, 0.05) is 18.8 Å². The van der Waals surface area contributed by atoms with Crippen molar-refractivity contribution in [2.45, 2.75) is 6.42 Å². The smallest absolute Gasteiger partial charge is 0.337 e. The number of alkyl halides is 1. The van der Waals surface area contributed by atoms with Gasteiger partial charge in [0.25, 0.3) is 0 Å². The number of rotatable bonds is 3. The summed E-state index contributed by atoms with van der Waals surface area (Å²) in [5.41, 5.74) is -0.0392. The maximum absolute atomic E-state index is 13.6. The first kappa shape index (κ1) is 14.3. The first-order valence-electron chi connectivity index (χ1n) is 5.52. The van der Waals surface area contributed by atoms with E-state index in [2.05, 4.69) is 15.9 Å². The van der Waals surface area contributed by atoms with Gasteiger partial charge in [-0.1, -0.05) is 0 Å². The highest BCUT2D eigenvalue weighted by atomic mass is 79.9. The molecule has 1 amide bonds. The van der Waals surface area contributed by atoms with Crippen molar-refractivity contribution in [3.05, 3.63) is 28.0 Å². The van der Waals surface area contributed by atoms with Crippen molar-refractivity contribution < 1.29 is 19.1 Å². The zero-order valence-electron chi connectivity index (χ0n) is 9.70. The fraction of sp³-hybridized carbons (Fsp3) is 0.333. The van der Waals surface area contributed by atoms with Gasteiger partial charge in [-0.3, -0.25) is 4.79 Å². The Balaban J connectivity index is 2.47. The van der Waals surface area contributed by atoms with E-state index >= 15 is 0 Å². The van der Waals surface area contributed by atoms with Crippen LogP contribution in [0.15, 0.2) is 16.6 Å². The first-order chi connectivity index (χ1) is 8.93. The number of carboxylic acids is 1. The van der Waals surface area contributed by atoms with E-state index in [1.807, 2.05) is 0 Å². The first-order valence-corrected chi connectivity index (χ1v) is 6.85. The Morgan fingerprint density at radius 2 is 2.26 bits per heavy atom. The van der Waals surface area contributed by atoms with E-state index in [0.29, 0.717) is 12.4 Å². The second-order valence-corrected chi connectivity index (χ2v) is 5.48. The number of anilines is 1. The number of carboxylic acid groups (broad SMARTS) is 1. The van der Waals surface area contributed by atoms with E-state index in [9.17, 15) is 14.0 Å². The van der Waals surface area contributed by atoms with Crippen LogP contribution < -0.4 is 4.90 Å². The average Bonchev–Trinajstić information content (AvgIpc) is 2.73. The Hall–Kier alpha value is -1.14.